The number of likely N-dealkylation sites (tertiary alicyclic amines) is 2. The summed E-state index contributed by atoms with van der Waals surface area (Å²) in [4.78, 5) is 78.8. The number of piperazine rings is 1. The molecule has 3 atom stereocenters. The van der Waals surface area contributed by atoms with Gasteiger partial charge < -0.3 is 45.9 Å². The van der Waals surface area contributed by atoms with Gasteiger partial charge in [-0.15, -0.1) is 0 Å². The van der Waals surface area contributed by atoms with E-state index in [9.17, 15) is 19.2 Å². The Hall–Kier alpha value is -5.09. The van der Waals surface area contributed by atoms with Gasteiger partial charge in [-0.25, -0.2) is 9.97 Å². The molecule has 4 aromatic rings. The smallest absolute Gasteiger partial charge is 0.251 e. The van der Waals surface area contributed by atoms with E-state index in [4.69, 9.17) is 17.3 Å². The Morgan fingerprint density at radius 3 is 2.27 bits per heavy atom. The fraction of sp³-hybridized carbons (Fsp3) is 0.600. The van der Waals surface area contributed by atoms with Crippen LogP contribution in [-0.4, -0.2) is 148 Å². The molecule has 2 aromatic carbocycles. The molecule has 0 bridgehead atoms. The van der Waals surface area contributed by atoms with E-state index in [0.29, 0.717) is 54.9 Å². The zero-order valence-electron chi connectivity index (χ0n) is 41.4. The first-order valence-electron chi connectivity index (χ1n) is 26.9. The standard InChI is InChI=1S/C55H74ClN11O4/c56-45-15-13-39(14-16-45)47(61-54(71)55(57)21-28-65(29-22-55)50-46-17-23-58-49(46)59-37-60-50)20-25-63-30-32-64(33-31-63)35-38-18-26-66(27-19-38)53(70)48(40-6-2-1-3-7-40)62-51(68)43-9-4-8-42(34-43)44-10-5-24-67(36-44)52(69)41-11-12-41/h4,8-9,13-17,23,34,37-38,40-41,44,47-48H,1-3,5-7,10-12,18-22,24-33,35-36,57H2,(H,61,71)(H,62,68)(H,58,59,60)/t44?,47-,48+/m0/s1. The second-order valence-electron chi connectivity index (χ2n) is 21.7. The van der Waals surface area contributed by atoms with Crippen molar-refractivity contribution in [3.05, 3.63) is 88.8 Å². The quantitative estimate of drug-likeness (QED) is 0.103. The minimum Gasteiger partial charge on any atom is -0.356 e. The van der Waals surface area contributed by atoms with Gasteiger partial charge in [-0.05, 0) is 124 Å². The Kier molecular flexibility index (Phi) is 15.6. The van der Waals surface area contributed by atoms with E-state index >= 15 is 0 Å². The van der Waals surface area contributed by atoms with E-state index in [0.717, 1.165) is 158 Å². The van der Waals surface area contributed by atoms with Crippen molar-refractivity contribution >= 4 is 52.1 Å². The van der Waals surface area contributed by atoms with E-state index in [-0.39, 0.29) is 41.5 Å². The van der Waals surface area contributed by atoms with Crippen LogP contribution in [0.3, 0.4) is 0 Å². The molecule has 2 aromatic heterocycles. The maximum absolute atomic E-state index is 14.4. The number of aromatic amines is 1. The normalized spacial score (nSPS) is 22.8. The highest BCUT2D eigenvalue weighted by molar-refractivity contribution is 6.30. The summed E-state index contributed by atoms with van der Waals surface area (Å²) in [5.74, 6) is 2.03. The van der Waals surface area contributed by atoms with Gasteiger partial charge in [0.15, 0.2) is 0 Å². The molecule has 4 saturated heterocycles. The first-order valence-corrected chi connectivity index (χ1v) is 27.3. The number of carbonyl (C=O) groups excluding carboxylic acids is 4. The average molecular weight is 989 g/mol. The lowest BCUT2D eigenvalue weighted by atomic mass is 9.82. The Bertz CT molecular complexity index is 2470. The predicted molar refractivity (Wildman–Crippen MR) is 277 cm³/mol. The number of nitrogens with zero attached hydrogens (tertiary/aromatic N) is 7. The van der Waals surface area contributed by atoms with Gasteiger partial charge in [-0.1, -0.05) is 55.1 Å². The molecule has 6 fully saturated rings. The molecule has 6 heterocycles. The van der Waals surface area contributed by atoms with Crippen LogP contribution in [0.25, 0.3) is 11.0 Å². The van der Waals surface area contributed by atoms with Crippen LogP contribution >= 0.6 is 11.6 Å². The molecule has 4 aliphatic heterocycles. The van der Waals surface area contributed by atoms with E-state index in [1.54, 1.807) is 6.33 Å². The molecule has 2 saturated carbocycles. The fourth-order valence-corrected chi connectivity index (χ4v) is 12.4. The van der Waals surface area contributed by atoms with Gasteiger partial charge in [0, 0.05) is 107 Å². The lowest BCUT2D eigenvalue weighted by molar-refractivity contribution is -0.136. The van der Waals surface area contributed by atoms with Gasteiger partial charge in [0.05, 0.1) is 17.0 Å². The topological polar surface area (TPSA) is 176 Å². The molecule has 10 rings (SSSR count). The number of nitrogens with one attached hydrogen (secondary N) is 3. The number of aromatic nitrogens is 3. The van der Waals surface area contributed by atoms with Crippen LogP contribution in [0.5, 0.6) is 0 Å². The Labute approximate surface area is 424 Å². The molecular weight excluding hydrogens is 914 g/mol. The Morgan fingerprint density at radius 1 is 0.775 bits per heavy atom. The molecule has 16 heteroatoms. The number of anilines is 1. The van der Waals surface area contributed by atoms with E-state index < -0.39 is 11.6 Å². The summed E-state index contributed by atoms with van der Waals surface area (Å²) in [5.41, 5.74) is 9.43. The van der Waals surface area contributed by atoms with E-state index in [1.165, 1.54) is 6.42 Å². The molecule has 2 aliphatic carbocycles. The molecular formula is C55H74ClN11O4. The van der Waals surface area contributed by atoms with Crippen LogP contribution < -0.4 is 21.3 Å². The zero-order chi connectivity index (χ0) is 48.9. The molecule has 5 N–H and O–H groups in total. The second kappa shape index (κ2) is 22.4. The van der Waals surface area contributed by atoms with Crippen molar-refractivity contribution in [1.82, 2.24) is 45.2 Å². The Morgan fingerprint density at radius 2 is 1.52 bits per heavy atom. The van der Waals surface area contributed by atoms with Crippen LogP contribution in [0.4, 0.5) is 5.82 Å². The highest BCUT2D eigenvalue weighted by atomic mass is 35.5. The number of hydrogen-bond donors (Lipinski definition) is 4. The molecule has 0 spiro atoms. The van der Waals surface area contributed by atoms with Crippen molar-refractivity contribution in [2.75, 3.05) is 83.4 Å². The molecule has 0 radical (unpaired) electrons. The van der Waals surface area contributed by atoms with Gasteiger partial charge in [0.1, 0.15) is 23.8 Å². The Balaban J connectivity index is 0.687. The lowest BCUT2D eigenvalue weighted by Crippen LogP contribution is -2.60. The molecule has 4 amide bonds. The van der Waals surface area contributed by atoms with Crippen molar-refractivity contribution < 1.29 is 19.2 Å². The molecule has 380 valence electrons. The molecule has 1 unspecified atom stereocenters. The third-order valence-corrected chi connectivity index (χ3v) is 17.2. The number of rotatable bonds is 15. The lowest BCUT2D eigenvalue weighted by Gasteiger charge is -2.41. The maximum atomic E-state index is 14.4. The van der Waals surface area contributed by atoms with Crippen LogP contribution in [0, 0.1) is 17.8 Å². The number of halogens is 1. The predicted octanol–water partition coefficient (Wildman–Crippen LogP) is 6.51. The van der Waals surface area contributed by atoms with Gasteiger partial charge in [0.25, 0.3) is 5.91 Å². The van der Waals surface area contributed by atoms with Crippen molar-refractivity contribution in [3.63, 3.8) is 0 Å². The monoisotopic (exact) mass is 988 g/mol. The molecule has 71 heavy (non-hydrogen) atoms. The van der Waals surface area contributed by atoms with Gasteiger partial charge >= 0.3 is 0 Å². The number of carbonyl (C=O) groups is 4. The number of piperidine rings is 3. The largest absolute Gasteiger partial charge is 0.356 e. The van der Waals surface area contributed by atoms with Crippen LogP contribution in [0.15, 0.2) is 67.1 Å². The molecule has 6 aliphatic rings. The molecule has 15 nitrogen and oxygen atoms in total. The van der Waals surface area contributed by atoms with Crippen molar-refractivity contribution in [3.8, 4) is 0 Å². The van der Waals surface area contributed by atoms with E-state index in [1.807, 2.05) is 64.5 Å². The highest BCUT2D eigenvalue weighted by Crippen LogP contribution is 2.36. The minimum absolute atomic E-state index is 0.0760. The number of benzene rings is 2. The van der Waals surface area contributed by atoms with Crippen molar-refractivity contribution in [1.29, 1.82) is 0 Å². The van der Waals surface area contributed by atoms with Gasteiger partial charge in [-0.2, -0.15) is 0 Å². The number of amides is 4. The third kappa shape index (κ3) is 11.9. The SMILES string of the molecule is NC1(C(=O)N[C@@H](CCN2CCN(CC3CCN(C(=O)[C@H](NC(=O)c4cccc(C5CCCN(C(=O)C6CC6)C5)c4)C4CCCCC4)CC3)CC2)c2ccc(Cl)cc2)CCN(c2ncnc3[nH]ccc23)CC1. The average Bonchev–Trinajstić information content (AvgIpc) is 4.15. The summed E-state index contributed by atoms with van der Waals surface area (Å²) in [5, 5.41) is 8.27. The second-order valence-corrected chi connectivity index (χ2v) is 22.2. The number of H-pyrrole nitrogens is 1. The summed E-state index contributed by atoms with van der Waals surface area (Å²) in [7, 11) is 0. The van der Waals surface area contributed by atoms with Gasteiger partial charge in [-0.3, -0.25) is 19.2 Å². The first kappa shape index (κ1) is 49.5. The third-order valence-electron chi connectivity index (χ3n) is 16.9. The number of hydrogen-bond acceptors (Lipinski definition) is 10. The summed E-state index contributed by atoms with van der Waals surface area (Å²) in [6.07, 6.45) is 16.4. The number of fused-ring (bicyclic) bond motifs is 1. The summed E-state index contributed by atoms with van der Waals surface area (Å²) in [6.45, 7) is 9.97. The van der Waals surface area contributed by atoms with Gasteiger partial charge in [0.2, 0.25) is 17.7 Å². The number of nitrogens with two attached hydrogens (primary N) is 1. The summed E-state index contributed by atoms with van der Waals surface area (Å²) in [6, 6.07) is 17.0. The minimum atomic E-state index is -0.988. The fourth-order valence-electron chi connectivity index (χ4n) is 12.2. The van der Waals surface area contributed by atoms with E-state index in [2.05, 4.69) is 46.4 Å². The first-order chi connectivity index (χ1) is 34.6. The van der Waals surface area contributed by atoms with Crippen LogP contribution in [0.1, 0.15) is 123 Å². The summed E-state index contributed by atoms with van der Waals surface area (Å²) < 4.78 is 0. The van der Waals surface area contributed by atoms with Crippen molar-refractivity contribution in [2.24, 2.45) is 23.5 Å². The summed E-state index contributed by atoms with van der Waals surface area (Å²) >= 11 is 6.30. The van der Waals surface area contributed by atoms with Crippen LogP contribution in [-0.2, 0) is 14.4 Å². The zero-order valence-corrected chi connectivity index (χ0v) is 42.2. The maximum Gasteiger partial charge on any atom is 0.251 e. The van der Waals surface area contributed by atoms with Crippen molar-refractivity contribution in [2.45, 2.75) is 113 Å². The highest BCUT2D eigenvalue weighted by Gasteiger charge is 2.41. The van der Waals surface area contributed by atoms with Crippen LogP contribution in [0.2, 0.25) is 5.02 Å².